The number of carbonyl (C=O) groups is 1. The van der Waals surface area contributed by atoms with E-state index in [0.717, 1.165) is 32.4 Å². The number of aliphatic hydroxyl groups excluding tert-OH is 1. The average Bonchev–Trinajstić information content (AvgIpc) is 2.24. The molecule has 1 aliphatic heterocycles. The quantitative estimate of drug-likeness (QED) is 0.799. The first-order valence-electron chi connectivity index (χ1n) is 6.95. The van der Waals surface area contributed by atoms with E-state index in [-0.39, 0.29) is 17.4 Å². The van der Waals surface area contributed by atoms with E-state index in [1.165, 1.54) is 0 Å². The van der Waals surface area contributed by atoms with Crippen LogP contribution in [0.5, 0.6) is 0 Å². The molecule has 2 N–H and O–H groups in total. The predicted octanol–water partition coefficient (Wildman–Crippen LogP) is 1.38. The first-order valence-corrected chi connectivity index (χ1v) is 6.95. The van der Waals surface area contributed by atoms with Crippen LogP contribution in [0, 0.1) is 5.41 Å². The number of hydrogen-bond donors (Lipinski definition) is 2. The normalized spacial score (nSPS) is 19.9. The minimum Gasteiger partial charge on any atom is -0.392 e. The second-order valence-corrected chi connectivity index (χ2v) is 6.61. The van der Waals surface area contributed by atoms with Crippen LogP contribution in [-0.2, 0) is 4.79 Å². The summed E-state index contributed by atoms with van der Waals surface area (Å²) in [5, 5.41) is 13.3. The van der Waals surface area contributed by atoms with Gasteiger partial charge in [0.05, 0.1) is 6.10 Å². The molecule has 1 amide bonds. The zero-order chi connectivity index (χ0) is 13.8. The predicted molar refractivity (Wildman–Crippen MR) is 73.4 cm³/mol. The van der Waals surface area contributed by atoms with Crippen molar-refractivity contribution in [3.05, 3.63) is 0 Å². The Morgan fingerprint density at radius 3 is 2.39 bits per heavy atom. The molecule has 1 heterocycles. The summed E-state index contributed by atoms with van der Waals surface area (Å²) in [6, 6.07) is 0.440. The van der Waals surface area contributed by atoms with Crippen LogP contribution in [0.3, 0.4) is 0 Å². The zero-order valence-electron chi connectivity index (χ0n) is 12.2. The van der Waals surface area contributed by atoms with Gasteiger partial charge in [0.2, 0.25) is 5.91 Å². The fraction of sp³-hybridized carbons (Fsp3) is 0.929. The van der Waals surface area contributed by atoms with E-state index in [4.69, 9.17) is 0 Å². The Labute approximate surface area is 111 Å². The molecule has 1 atom stereocenters. The van der Waals surface area contributed by atoms with E-state index in [1.807, 2.05) is 4.90 Å². The van der Waals surface area contributed by atoms with Gasteiger partial charge in [0, 0.05) is 32.6 Å². The largest absolute Gasteiger partial charge is 0.392 e. The Kier molecular flexibility index (Phi) is 5.60. The minimum absolute atomic E-state index is 0.166. The third-order valence-corrected chi connectivity index (χ3v) is 3.43. The van der Waals surface area contributed by atoms with Crippen molar-refractivity contribution in [1.82, 2.24) is 10.2 Å². The van der Waals surface area contributed by atoms with Gasteiger partial charge < -0.3 is 15.3 Å². The fourth-order valence-corrected chi connectivity index (χ4v) is 2.48. The number of rotatable bonds is 4. The molecule has 0 aromatic carbocycles. The van der Waals surface area contributed by atoms with E-state index in [2.05, 4.69) is 26.1 Å². The lowest BCUT2D eigenvalue weighted by atomic mass is 9.89. The van der Waals surface area contributed by atoms with Gasteiger partial charge in [0.15, 0.2) is 0 Å². The number of nitrogens with one attached hydrogen (secondary N) is 1. The van der Waals surface area contributed by atoms with Crippen LogP contribution in [0.25, 0.3) is 0 Å². The first-order chi connectivity index (χ1) is 8.28. The van der Waals surface area contributed by atoms with Crippen LogP contribution >= 0.6 is 0 Å². The zero-order valence-corrected chi connectivity index (χ0v) is 12.2. The van der Waals surface area contributed by atoms with Gasteiger partial charge in [-0.15, -0.1) is 0 Å². The van der Waals surface area contributed by atoms with E-state index in [1.54, 1.807) is 6.92 Å². The monoisotopic (exact) mass is 256 g/mol. The number of likely N-dealkylation sites (tertiary alicyclic amines) is 1. The van der Waals surface area contributed by atoms with Gasteiger partial charge >= 0.3 is 0 Å². The summed E-state index contributed by atoms with van der Waals surface area (Å²) in [5.41, 5.74) is 0.166. The molecule has 1 aliphatic rings. The molecule has 0 saturated carbocycles. The van der Waals surface area contributed by atoms with E-state index in [9.17, 15) is 9.90 Å². The maximum atomic E-state index is 11.2. The number of nitrogens with zero attached hydrogens (tertiary/aromatic N) is 1. The smallest absolute Gasteiger partial charge is 0.219 e. The molecule has 4 heteroatoms. The summed E-state index contributed by atoms with van der Waals surface area (Å²) in [7, 11) is 0. The highest BCUT2D eigenvalue weighted by atomic mass is 16.3. The molecule has 0 aliphatic carbocycles. The Hall–Kier alpha value is -0.610. The van der Waals surface area contributed by atoms with Crippen LogP contribution < -0.4 is 5.32 Å². The highest BCUT2D eigenvalue weighted by Crippen LogP contribution is 2.20. The number of amides is 1. The van der Waals surface area contributed by atoms with Crippen molar-refractivity contribution >= 4 is 5.91 Å². The SMILES string of the molecule is CC(=O)N1CCC(NCC(O)CC(C)(C)C)CC1. The van der Waals surface area contributed by atoms with Crippen molar-refractivity contribution in [3.63, 3.8) is 0 Å². The summed E-state index contributed by atoms with van der Waals surface area (Å²) >= 11 is 0. The second-order valence-electron chi connectivity index (χ2n) is 6.61. The maximum Gasteiger partial charge on any atom is 0.219 e. The Morgan fingerprint density at radius 2 is 1.94 bits per heavy atom. The summed E-state index contributed by atoms with van der Waals surface area (Å²) in [4.78, 5) is 13.1. The molecule has 0 aromatic heterocycles. The average molecular weight is 256 g/mol. The Morgan fingerprint density at radius 1 is 1.39 bits per heavy atom. The molecular formula is C14H28N2O2. The summed E-state index contributed by atoms with van der Waals surface area (Å²) in [6.07, 6.45) is 2.51. The standard InChI is InChI=1S/C14H28N2O2/c1-11(17)16-7-5-12(6-8-16)15-10-13(18)9-14(2,3)4/h12-13,15,18H,5-10H2,1-4H3. The fourth-order valence-electron chi connectivity index (χ4n) is 2.48. The van der Waals surface area contributed by atoms with Gasteiger partial charge in [-0.05, 0) is 24.7 Å². The molecule has 1 saturated heterocycles. The van der Waals surface area contributed by atoms with Gasteiger partial charge in [-0.25, -0.2) is 0 Å². The van der Waals surface area contributed by atoms with Gasteiger partial charge in [-0.3, -0.25) is 4.79 Å². The molecule has 0 spiro atoms. The van der Waals surface area contributed by atoms with Crippen LogP contribution in [0.4, 0.5) is 0 Å². The summed E-state index contributed by atoms with van der Waals surface area (Å²) in [6.45, 7) is 10.4. The Bertz CT molecular complexity index is 265. The van der Waals surface area contributed by atoms with Crippen molar-refractivity contribution in [3.8, 4) is 0 Å². The molecular weight excluding hydrogens is 228 g/mol. The third-order valence-electron chi connectivity index (χ3n) is 3.43. The van der Waals surface area contributed by atoms with Gasteiger partial charge in [0.25, 0.3) is 0 Å². The lowest BCUT2D eigenvalue weighted by Gasteiger charge is -2.32. The number of aliphatic hydroxyl groups is 1. The molecule has 1 rings (SSSR count). The van der Waals surface area contributed by atoms with Crippen LogP contribution in [0.15, 0.2) is 0 Å². The van der Waals surface area contributed by atoms with Crippen LogP contribution in [0.2, 0.25) is 0 Å². The topological polar surface area (TPSA) is 52.6 Å². The van der Waals surface area contributed by atoms with Crippen molar-refractivity contribution in [2.24, 2.45) is 5.41 Å². The van der Waals surface area contributed by atoms with E-state index < -0.39 is 0 Å². The van der Waals surface area contributed by atoms with Crippen LogP contribution in [0.1, 0.15) is 47.0 Å². The molecule has 1 unspecified atom stereocenters. The van der Waals surface area contributed by atoms with E-state index in [0.29, 0.717) is 12.6 Å². The Balaban J connectivity index is 2.20. The minimum atomic E-state index is -0.282. The molecule has 0 radical (unpaired) electrons. The molecule has 4 nitrogen and oxygen atoms in total. The highest BCUT2D eigenvalue weighted by Gasteiger charge is 2.22. The number of hydrogen-bond acceptors (Lipinski definition) is 3. The summed E-state index contributed by atoms with van der Waals surface area (Å²) in [5.74, 6) is 0.168. The maximum absolute atomic E-state index is 11.2. The van der Waals surface area contributed by atoms with Gasteiger partial charge in [0.1, 0.15) is 0 Å². The van der Waals surface area contributed by atoms with Crippen molar-refractivity contribution in [2.45, 2.75) is 59.1 Å². The molecule has 1 fully saturated rings. The second kappa shape index (κ2) is 6.53. The van der Waals surface area contributed by atoms with Crippen molar-refractivity contribution in [1.29, 1.82) is 0 Å². The van der Waals surface area contributed by atoms with Crippen molar-refractivity contribution < 1.29 is 9.90 Å². The summed E-state index contributed by atoms with van der Waals surface area (Å²) < 4.78 is 0. The highest BCUT2D eigenvalue weighted by molar-refractivity contribution is 5.73. The van der Waals surface area contributed by atoms with Gasteiger partial charge in [-0.1, -0.05) is 20.8 Å². The first kappa shape index (κ1) is 15.4. The molecule has 18 heavy (non-hydrogen) atoms. The van der Waals surface area contributed by atoms with Crippen molar-refractivity contribution in [2.75, 3.05) is 19.6 Å². The molecule has 106 valence electrons. The lowest BCUT2D eigenvalue weighted by Crippen LogP contribution is -2.46. The lowest BCUT2D eigenvalue weighted by molar-refractivity contribution is -0.129. The van der Waals surface area contributed by atoms with E-state index >= 15 is 0 Å². The number of piperidine rings is 1. The molecule has 0 bridgehead atoms. The van der Waals surface area contributed by atoms with Gasteiger partial charge in [-0.2, -0.15) is 0 Å². The number of carbonyl (C=O) groups excluding carboxylic acids is 1. The third kappa shape index (κ3) is 5.83. The van der Waals surface area contributed by atoms with Crippen LogP contribution in [-0.4, -0.2) is 47.7 Å². The molecule has 0 aromatic rings.